The zero-order valence-corrected chi connectivity index (χ0v) is 16.7. The molecule has 1 aliphatic rings. The lowest BCUT2D eigenvalue weighted by atomic mass is 9.77. The fourth-order valence-corrected chi connectivity index (χ4v) is 3.74. The number of fused-ring (bicyclic) bond motifs is 1. The number of amidine groups is 1. The van der Waals surface area contributed by atoms with Crippen LogP contribution in [0, 0.1) is 5.41 Å². The number of nitrogens with two attached hydrogens (primary N) is 1. The molecule has 1 heterocycles. The SMILES string of the molecule is COc1nc2c(C(=N)N=C[NH2+]c3ccccc3)c(C3CCC3)ccc2cc1C(O)O. The van der Waals surface area contributed by atoms with E-state index in [1.165, 1.54) is 13.5 Å². The van der Waals surface area contributed by atoms with Crippen LogP contribution in [0.2, 0.25) is 0 Å². The molecular weight excluding hydrogens is 380 g/mol. The van der Waals surface area contributed by atoms with Gasteiger partial charge in [-0.05, 0) is 42.5 Å². The number of aromatic nitrogens is 1. The van der Waals surface area contributed by atoms with E-state index in [4.69, 9.17) is 10.1 Å². The first-order valence-corrected chi connectivity index (χ1v) is 9.97. The van der Waals surface area contributed by atoms with E-state index in [1.54, 1.807) is 12.4 Å². The van der Waals surface area contributed by atoms with Crippen molar-refractivity contribution in [3.8, 4) is 5.88 Å². The van der Waals surface area contributed by atoms with E-state index in [0.717, 1.165) is 24.1 Å². The first kappa shape index (κ1) is 20.2. The molecule has 7 heteroatoms. The van der Waals surface area contributed by atoms with Crippen LogP contribution in [-0.4, -0.2) is 34.5 Å². The Bertz CT molecular complexity index is 1090. The molecule has 0 radical (unpaired) electrons. The highest BCUT2D eigenvalue weighted by atomic mass is 16.5. The van der Waals surface area contributed by atoms with E-state index in [9.17, 15) is 10.2 Å². The third kappa shape index (κ3) is 3.95. The molecule has 7 nitrogen and oxygen atoms in total. The zero-order chi connectivity index (χ0) is 21.1. The van der Waals surface area contributed by atoms with Crippen molar-refractivity contribution in [2.75, 3.05) is 7.11 Å². The Labute approximate surface area is 174 Å². The average molecular weight is 405 g/mol. The maximum absolute atomic E-state index is 9.65. The Kier molecular flexibility index (Phi) is 5.85. The van der Waals surface area contributed by atoms with Crippen molar-refractivity contribution in [1.82, 2.24) is 4.98 Å². The number of pyridine rings is 1. The Hall–Kier alpha value is -3.13. The zero-order valence-electron chi connectivity index (χ0n) is 16.7. The lowest BCUT2D eigenvalue weighted by Gasteiger charge is -2.28. The minimum Gasteiger partial charge on any atom is -0.481 e. The van der Waals surface area contributed by atoms with Crippen LogP contribution in [0.15, 0.2) is 53.5 Å². The first-order chi connectivity index (χ1) is 14.6. The Morgan fingerprint density at radius 3 is 2.63 bits per heavy atom. The number of aliphatic hydroxyl groups is 2. The van der Waals surface area contributed by atoms with Gasteiger partial charge in [-0.3, -0.25) is 10.7 Å². The number of aliphatic imine (C=N–C) groups is 1. The van der Waals surface area contributed by atoms with E-state index in [-0.39, 0.29) is 17.3 Å². The molecule has 1 saturated carbocycles. The van der Waals surface area contributed by atoms with Crippen molar-refractivity contribution >= 4 is 28.8 Å². The number of rotatable bonds is 6. The molecule has 0 atom stereocenters. The predicted molar refractivity (Wildman–Crippen MR) is 115 cm³/mol. The molecule has 0 unspecified atom stereocenters. The lowest BCUT2D eigenvalue weighted by molar-refractivity contribution is -0.432. The van der Waals surface area contributed by atoms with Crippen molar-refractivity contribution in [1.29, 1.82) is 5.41 Å². The van der Waals surface area contributed by atoms with E-state index in [1.807, 2.05) is 47.8 Å². The quantitative estimate of drug-likeness (QED) is 0.218. The number of quaternary nitrogens is 1. The summed E-state index contributed by atoms with van der Waals surface area (Å²) in [5, 5.41) is 30.6. The van der Waals surface area contributed by atoms with Gasteiger partial charge in [0.1, 0.15) is 5.69 Å². The summed E-state index contributed by atoms with van der Waals surface area (Å²) in [4.78, 5) is 8.91. The highest BCUT2D eigenvalue weighted by Gasteiger charge is 2.26. The van der Waals surface area contributed by atoms with Gasteiger partial charge in [0, 0.05) is 10.9 Å². The smallest absolute Gasteiger partial charge is 0.222 e. The van der Waals surface area contributed by atoms with Crippen LogP contribution in [-0.2, 0) is 0 Å². The van der Waals surface area contributed by atoms with Gasteiger partial charge in [0.15, 0.2) is 18.5 Å². The number of methoxy groups -OCH3 is 1. The second-order valence-corrected chi connectivity index (χ2v) is 7.39. The number of nitrogens with one attached hydrogen (secondary N) is 1. The second kappa shape index (κ2) is 8.71. The first-order valence-electron chi connectivity index (χ1n) is 9.97. The number of aliphatic hydroxyl groups excluding tert-OH is 1. The molecule has 1 aromatic heterocycles. The fraction of sp³-hybridized carbons (Fsp3) is 0.261. The Balaban J connectivity index is 1.77. The van der Waals surface area contributed by atoms with Gasteiger partial charge in [-0.2, -0.15) is 4.99 Å². The predicted octanol–water partition coefficient (Wildman–Crippen LogP) is 2.74. The van der Waals surface area contributed by atoms with Crippen LogP contribution in [0.1, 0.15) is 48.2 Å². The third-order valence-electron chi connectivity index (χ3n) is 5.54. The highest BCUT2D eigenvalue weighted by molar-refractivity contribution is 6.10. The van der Waals surface area contributed by atoms with Gasteiger partial charge < -0.3 is 14.9 Å². The van der Waals surface area contributed by atoms with Gasteiger partial charge in [-0.25, -0.2) is 4.98 Å². The molecule has 30 heavy (non-hydrogen) atoms. The van der Waals surface area contributed by atoms with Gasteiger partial charge in [-0.15, -0.1) is 0 Å². The number of ether oxygens (including phenoxy) is 1. The molecule has 0 amide bonds. The molecule has 154 valence electrons. The summed E-state index contributed by atoms with van der Waals surface area (Å²) in [6, 6.07) is 15.4. The van der Waals surface area contributed by atoms with Crippen LogP contribution >= 0.6 is 0 Å². The average Bonchev–Trinajstić information content (AvgIpc) is 2.72. The summed E-state index contributed by atoms with van der Waals surface area (Å²) in [7, 11) is 1.44. The molecular formula is C23H25N4O3+. The summed E-state index contributed by atoms with van der Waals surface area (Å²) in [5.41, 5.74) is 3.52. The van der Waals surface area contributed by atoms with Gasteiger partial charge in [0.05, 0.1) is 18.2 Å². The van der Waals surface area contributed by atoms with E-state index < -0.39 is 6.29 Å². The molecule has 4 rings (SSSR count). The molecule has 0 aliphatic heterocycles. The van der Waals surface area contributed by atoms with Gasteiger partial charge in [0.2, 0.25) is 5.88 Å². The van der Waals surface area contributed by atoms with Crippen LogP contribution in [0.4, 0.5) is 5.69 Å². The standard InChI is InChI=1S/C23H24N4O3/c1-30-22-18(23(28)29)12-15-10-11-17(14-6-5-7-14)19(20(15)27-22)21(24)26-13-25-16-8-3-2-4-9-16/h2-4,8-14,23,28-29H,5-7H2,1H3,(H2,24,25,26)/p+1. The molecule has 5 N–H and O–H groups in total. The number of hydrogen-bond acceptors (Lipinski definition) is 5. The van der Waals surface area contributed by atoms with E-state index in [2.05, 4.69) is 9.98 Å². The van der Waals surface area contributed by atoms with Gasteiger partial charge >= 0.3 is 0 Å². The largest absolute Gasteiger partial charge is 0.481 e. The number of para-hydroxylation sites is 1. The van der Waals surface area contributed by atoms with Gasteiger partial charge in [-0.1, -0.05) is 36.8 Å². The van der Waals surface area contributed by atoms with Crippen LogP contribution in [0.3, 0.4) is 0 Å². The topological polar surface area (TPSA) is 115 Å². The molecule has 2 aromatic carbocycles. The second-order valence-electron chi connectivity index (χ2n) is 7.39. The van der Waals surface area contributed by atoms with Crippen molar-refractivity contribution in [3.63, 3.8) is 0 Å². The van der Waals surface area contributed by atoms with E-state index >= 15 is 0 Å². The normalized spacial score (nSPS) is 14.4. The molecule has 0 spiro atoms. The Morgan fingerprint density at radius 1 is 1.23 bits per heavy atom. The number of benzene rings is 2. The summed E-state index contributed by atoms with van der Waals surface area (Å²) >= 11 is 0. The number of nitrogens with zero attached hydrogens (tertiary/aromatic N) is 2. The maximum Gasteiger partial charge on any atom is 0.222 e. The molecule has 0 bridgehead atoms. The third-order valence-corrected chi connectivity index (χ3v) is 5.54. The maximum atomic E-state index is 9.65. The van der Waals surface area contributed by atoms with E-state index in [0.29, 0.717) is 22.4 Å². The molecule has 3 aromatic rings. The highest BCUT2D eigenvalue weighted by Crippen LogP contribution is 2.40. The van der Waals surface area contributed by atoms with Crippen LogP contribution in [0.25, 0.3) is 10.9 Å². The number of hydrogen-bond donors (Lipinski definition) is 4. The monoisotopic (exact) mass is 405 g/mol. The summed E-state index contributed by atoms with van der Waals surface area (Å²) in [6.07, 6.45) is 3.27. The molecule has 1 aliphatic carbocycles. The van der Waals surface area contributed by atoms with Crippen molar-refractivity contribution in [2.45, 2.75) is 31.5 Å². The van der Waals surface area contributed by atoms with Crippen molar-refractivity contribution in [2.24, 2.45) is 4.99 Å². The summed E-state index contributed by atoms with van der Waals surface area (Å²) in [6.45, 7) is 0. The minimum absolute atomic E-state index is 0.126. The molecule has 0 saturated heterocycles. The Morgan fingerprint density at radius 2 is 2.00 bits per heavy atom. The van der Waals surface area contributed by atoms with Crippen LogP contribution in [0.5, 0.6) is 5.88 Å². The molecule has 1 fully saturated rings. The minimum atomic E-state index is -1.69. The van der Waals surface area contributed by atoms with Crippen LogP contribution < -0.4 is 10.1 Å². The summed E-state index contributed by atoms with van der Waals surface area (Å²) < 4.78 is 5.28. The fourth-order valence-electron chi connectivity index (χ4n) is 3.74. The van der Waals surface area contributed by atoms with Gasteiger partial charge in [0.25, 0.3) is 0 Å². The lowest BCUT2D eigenvalue weighted by Crippen LogP contribution is -2.76. The van der Waals surface area contributed by atoms with Crippen molar-refractivity contribution < 1.29 is 20.3 Å². The summed E-state index contributed by atoms with van der Waals surface area (Å²) in [5.74, 6) is 0.646. The van der Waals surface area contributed by atoms with Crippen molar-refractivity contribution in [3.05, 3.63) is 65.2 Å².